The Morgan fingerprint density at radius 1 is 1.29 bits per heavy atom. The van der Waals surface area contributed by atoms with Crippen LogP contribution in [0.4, 0.5) is 0 Å². The lowest BCUT2D eigenvalue weighted by Gasteiger charge is -2.41. The van der Waals surface area contributed by atoms with Crippen LogP contribution in [-0.2, 0) is 9.53 Å². The molecule has 5 heteroatoms. The predicted molar refractivity (Wildman–Crippen MR) is 83.9 cm³/mol. The van der Waals surface area contributed by atoms with Crippen molar-refractivity contribution in [3.05, 3.63) is 33.8 Å². The number of benzene rings is 1. The fraction of sp³-hybridized carbons (Fsp3) is 0.562. The van der Waals surface area contributed by atoms with Gasteiger partial charge in [-0.15, -0.1) is 0 Å². The number of rotatable bonds is 2. The van der Waals surface area contributed by atoms with Crippen molar-refractivity contribution in [1.82, 2.24) is 4.90 Å². The van der Waals surface area contributed by atoms with Crippen LogP contribution in [0.2, 0.25) is 10.0 Å². The monoisotopic (exact) mass is 327 g/mol. The van der Waals surface area contributed by atoms with Gasteiger partial charge in [0, 0.05) is 18.0 Å². The number of carbonyl (C=O) groups is 1. The van der Waals surface area contributed by atoms with Crippen molar-refractivity contribution in [3.8, 4) is 0 Å². The van der Waals surface area contributed by atoms with Gasteiger partial charge in [-0.25, -0.2) is 0 Å². The van der Waals surface area contributed by atoms with E-state index < -0.39 is 0 Å². The molecule has 3 nitrogen and oxygen atoms in total. The Bertz CT molecular complexity index is 563. The lowest BCUT2D eigenvalue weighted by atomic mass is 9.76. The number of halogens is 2. The van der Waals surface area contributed by atoms with Gasteiger partial charge in [-0.05, 0) is 44.0 Å². The van der Waals surface area contributed by atoms with Crippen LogP contribution in [0.25, 0.3) is 0 Å². The third-order valence-corrected chi connectivity index (χ3v) is 5.85. The quantitative estimate of drug-likeness (QED) is 0.775. The van der Waals surface area contributed by atoms with E-state index in [-0.39, 0.29) is 23.8 Å². The highest BCUT2D eigenvalue weighted by Crippen LogP contribution is 2.47. The summed E-state index contributed by atoms with van der Waals surface area (Å²) in [5, 5.41) is 1.09. The van der Waals surface area contributed by atoms with E-state index in [1.165, 1.54) is 7.11 Å². The number of methoxy groups -OCH3 is 1. The Morgan fingerprint density at radius 2 is 2.05 bits per heavy atom. The topological polar surface area (TPSA) is 29.5 Å². The molecule has 0 N–H and O–H groups in total. The number of carbonyl (C=O) groups excluding carboxylic acids is 1. The molecule has 0 amide bonds. The normalized spacial score (nSPS) is 32.2. The number of hydrogen-bond donors (Lipinski definition) is 0. The summed E-state index contributed by atoms with van der Waals surface area (Å²) in [7, 11) is 3.58. The maximum atomic E-state index is 12.3. The fourth-order valence-corrected chi connectivity index (χ4v) is 4.32. The summed E-state index contributed by atoms with van der Waals surface area (Å²) in [4.78, 5) is 14.7. The van der Waals surface area contributed by atoms with Gasteiger partial charge in [-0.2, -0.15) is 0 Å². The van der Waals surface area contributed by atoms with Gasteiger partial charge < -0.3 is 4.74 Å². The molecule has 3 rings (SSSR count). The smallest absolute Gasteiger partial charge is 0.310 e. The highest BCUT2D eigenvalue weighted by molar-refractivity contribution is 6.42. The molecule has 4 atom stereocenters. The minimum Gasteiger partial charge on any atom is -0.469 e. The maximum Gasteiger partial charge on any atom is 0.310 e. The molecule has 2 heterocycles. The van der Waals surface area contributed by atoms with E-state index in [0.29, 0.717) is 16.1 Å². The molecule has 0 aliphatic carbocycles. The zero-order valence-electron chi connectivity index (χ0n) is 12.2. The Morgan fingerprint density at radius 3 is 2.71 bits per heavy atom. The molecule has 2 fully saturated rings. The molecule has 2 saturated heterocycles. The van der Waals surface area contributed by atoms with Crippen LogP contribution in [-0.4, -0.2) is 37.1 Å². The summed E-state index contributed by atoms with van der Waals surface area (Å²) in [6.45, 7) is 0. The highest BCUT2D eigenvalue weighted by Gasteiger charge is 2.49. The summed E-state index contributed by atoms with van der Waals surface area (Å²) >= 11 is 12.2. The van der Waals surface area contributed by atoms with Gasteiger partial charge in [0.25, 0.3) is 0 Å². The average Bonchev–Trinajstić information content (AvgIpc) is 2.72. The number of esters is 1. The van der Waals surface area contributed by atoms with Crippen molar-refractivity contribution in [1.29, 1.82) is 0 Å². The molecule has 2 aliphatic heterocycles. The van der Waals surface area contributed by atoms with Gasteiger partial charge in [0.2, 0.25) is 0 Å². The van der Waals surface area contributed by atoms with Crippen LogP contribution < -0.4 is 0 Å². The molecule has 0 radical (unpaired) electrons. The minimum atomic E-state index is -0.129. The summed E-state index contributed by atoms with van der Waals surface area (Å²) in [6, 6.07) is 6.49. The van der Waals surface area contributed by atoms with E-state index >= 15 is 0 Å². The fourth-order valence-electron chi connectivity index (χ4n) is 4.01. The van der Waals surface area contributed by atoms with Crippen molar-refractivity contribution in [3.63, 3.8) is 0 Å². The first kappa shape index (κ1) is 15.1. The molecule has 0 aromatic heterocycles. The van der Waals surface area contributed by atoms with Gasteiger partial charge in [0.1, 0.15) is 0 Å². The third kappa shape index (κ3) is 2.56. The lowest BCUT2D eigenvalue weighted by Crippen LogP contribution is -2.49. The minimum absolute atomic E-state index is 0.122. The molecule has 2 aliphatic rings. The molecule has 114 valence electrons. The van der Waals surface area contributed by atoms with Crippen LogP contribution in [0.1, 0.15) is 30.7 Å². The summed E-state index contributed by atoms with van der Waals surface area (Å²) < 4.78 is 5.07. The Kier molecular flexibility index (Phi) is 4.17. The number of fused-ring (bicyclic) bond motifs is 2. The van der Waals surface area contributed by atoms with Gasteiger partial charge in [0.05, 0.1) is 23.1 Å². The van der Waals surface area contributed by atoms with E-state index in [4.69, 9.17) is 27.9 Å². The molecule has 1 aromatic rings. The van der Waals surface area contributed by atoms with Crippen molar-refractivity contribution < 1.29 is 9.53 Å². The molecular formula is C16H19Cl2NO2. The van der Waals surface area contributed by atoms with E-state index in [1.54, 1.807) is 0 Å². The van der Waals surface area contributed by atoms with E-state index in [0.717, 1.165) is 24.8 Å². The van der Waals surface area contributed by atoms with E-state index in [1.807, 2.05) is 18.2 Å². The van der Waals surface area contributed by atoms with Crippen molar-refractivity contribution in [2.45, 2.75) is 37.3 Å². The number of ether oxygens (including phenoxy) is 1. The molecule has 2 bridgehead atoms. The van der Waals surface area contributed by atoms with Crippen molar-refractivity contribution >= 4 is 29.2 Å². The molecular weight excluding hydrogens is 309 g/mol. The van der Waals surface area contributed by atoms with Gasteiger partial charge in [-0.3, -0.25) is 9.69 Å². The second kappa shape index (κ2) is 5.79. The Hall–Kier alpha value is -0.770. The lowest BCUT2D eigenvalue weighted by molar-refractivity contribution is -0.150. The molecule has 1 aromatic carbocycles. The van der Waals surface area contributed by atoms with Gasteiger partial charge in [-0.1, -0.05) is 29.3 Å². The second-order valence-electron chi connectivity index (χ2n) is 6.03. The Balaban J connectivity index is 1.98. The first-order chi connectivity index (χ1) is 10.0. The summed E-state index contributed by atoms with van der Waals surface area (Å²) in [5.41, 5.74) is 1.09. The van der Waals surface area contributed by atoms with Crippen molar-refractivity contribution in [2.75, 3.05) is 14.2 Å². The number of hydrogen-bond acceptors (Lipinski definition) is 3. The number of nitrogens with zero attached hydrogens (tertiary/aromatic N) is 1. The molecule has 0 saturated carbocycles. The molecule has 0 unspecified atom stereocenters. The second-order valence-corrected chi connectivity index (χ2v) is 6.84. The van der Waals surface area contributed by atoms with Crippen LogP contribution in [0.5, 0.6) is 0 Å². The van der Waals surface area contributed by atoms with E-state index in [9.17, 15) is 4.79 Å². The molecule has 21 heavy (non-hydrogen) atoms. The zero-order valence-corrected chi connectivity index (χ0v) is 13.7. The standard InChI is InChI=1S/C16H19Cl2NO2/c1-19-10-4-6-14(19)15(16(20)21-2)11(8-10)9-3-5-12(17)13(18)7-9/h3,5,7,10-11,14-15H,4,6,8H2,1-2H3/t10-,11+,14+,15+/m1/s1. The van der Waals surface area contributed by atoms with Crippen LogP contribution in [0.15, 0.2) is 18.2 Å². The number of piperidine rings is 1. The first-order valence-electron chi connectivity index (χ1n) is 7.27. The SMILES string of the molecule is COC(=O)[C@H]1[C@H](c2ccc(Cl)c(Cl)c2)C[C@H]2CC[C@@H]1N2C. The summed E-state index contributed by atoms with van der Waals surface area (Å²) in [5.74, 6) is -0.0971. The largest absolute Gasteiger partial charge is 0.469 e. The maximum absolute atomic E-state index is 12.3. The van der Waals surface area contributed by atoms with Crippen LogP contribution >= 0.6 is 23.2 Å². The third-order valence-electron chi connectivity index (χ3n) is 5.11. The first-order valence-corrected chi connectivity index (χ1v) is 8.03. The highest BCUT2D eigenvalue weighted by atomic mass is 35.5. The van der Waals surface area contributed by atoms with Crippen LogP contribution in [0, 0.1) is 5.92 Å². The van der Waals surface area contributed by atoms with Crippen LogP contribution in [0.3, 0.4) is 0 Å². The average molecular weight is 328 g/mol. The Labute approximate surface area is 135 Å². The van der Waals surface area contributed by atoms with Gasteiger partial charge in [0.15, 0.2) is 0 Å². The zero-order chi connectivity index (χ0) is 15.1. The predicted octanol–water partition coefficient (Wildman–Crippen LogP) is 3.73. The molecule has 0 spiro atoms. The summed E-state index contributed by atoms with van der Waals surface area (Å²) in [6.07, 6.45) is 3.16. The van der Waals surface area contributed by atoms with E-state index in [2.05, 4.69) is 11.9 Å². The van der Waals surface area contributed by atoms with Gasteiger partial charge >= 0.3 is 5.97 Å². The van der Waals surface area contributed by atoms with Crippen molar-refractivity contribution in [2.24, 2.45) is 5.92 Å².